The molecule has 0 saturated heterocycles. The summed E-state index contributed by atoms with van der Waals surface area (Å²) in [7, 11) is -7.13. The Labute approximate surface area is 599 Å². The van der Waals surface area contributed by atoms with Crippen LogP contribution in [0.1, 0.15) is 106 Å². The van der Waals surface area contributed by atoms with Crippen LogP contribution in [0.3, 0.4) is 0 Å². The van der Waals surface area contributed by atoms with E-state index in [0.29, 0.717) is 10.6 Å². The standard InChI is InChI=1S/C15H15NO4S2.2C14H13NO4S2.C9H9ClO2S.C6H7NO2S.C2H3N.2Na/c1-20-15(17)14-13(7-8-21-14)16-22(18,19)12-6-5-10-3-2-4-11(10)9-12;2*16-14(17)13-12(6-7-20-13)15-21(18,19)11-5-4-9-2-1-3-10(9)8-11;10-13(11,12)9-5-4-7-2-1-3-8(7)6-9;1-9-6(8)5-4(7)2-3-10-5;1-2-3;;/h5-9,16H,2-4H2,1H3;4-8,16-17H,1-3H2;4-8,15H,1-3H2,(H,16,17);4-6H,1-3H2;2-3H,7H2,1H3;1H3;;/q;;;;;;2*+1/p-2. The first-order valence-corrected chi connectivity index (χ1v) is 37.4. The molecule has 7 aromatic rings. The van der Waals surface area contributed by atoms with Gasteiger partial charge in [-0.1, -0.05) is 36.0 Å². The fraction of sp³-hybridized carbons (Fsp3) is 0.250. The number of hydrogen-bond donors (Lipinski definition) is 4. The molecule has 0 amide bonds. The number of thiophene rings is 3. The molecule has 0 saturated carbocycles. The van der Waals surface area contributed by atoms with Crippen LogP contribution in [0, 0.1) is 11.3 Å². The number of nitrogens with one attached hydrogen (secondary N) is 2. The maximum atomic E-state index is 12.5. The summed E-state index contributed by atoms with van der Waals surface area (Å²) < 4.78 is 114. The molecule has 4 heterocycles. The molecule has 5 N–H and O–H groups in total. The van der Waals surface area contributed by atoms with Gasteiger partial charge < -0.3 is 30.5 Å². The summed E-state index contributed by atoms with van der Waals surface area (Å²) in [5.74, 6) is -3.49. The molecule has 4 aliphatic carbocycles. The van der Waals surface area contributed by atoms with E-state index >= 15 is 0 Å². The number of methoxy groups -OCH3 is 2. The Balaban J connectivity index is 0.000000210. The third-order valence-electron chi connectivity index (χ3n) is 14.0. The topological polar surface area (TPSA) is 359 Å². The zero-order valence-electron chi connectivity index (χ0n) is 50.2. The molecule has 0 atom stereocenters. The van der Waals surface area contributed by atoms with Gasteiger partial charge in [-0.25, -0.2) is 39.6 Å². The van der Waals surface area contributed by atoms with Crippen LogP contribution < -0.4 is 84.5 Å². The van der Waals surface area contributed by atoms with Gasteiger partial charge in [0.25, 0.3) is 39.1 Å². The van der Waals surface area contributed by atoms with Crippen molar-refractivity contribution in [1.82, 2.24) is 0 Å². The first kappa shape index (κ1) is 77.2. The predicted molar refractivity (Wildman–Crippen MR) is 345 cm³/mol. The van der Waals surface area contributed by atoms with Gasteiger partial charge in [-0.15, -0.1) is 34.0 Å². The van der Waals surface area contributed by atoms with Crippen molar-refractivity contribution in [1.29, 1.82) is 5.26 Å². The molecule has 4 aromatic carbocycles. The van der Waals surface area contributed by atoms with Crippen LogP contribution in [0.5, 0.6) is 0 Å². The van der Waals surface area contributed by atoms with E-state index in [-0.39, 0.29) is 116 Å². The van der Waals surface area contributed by atoms with Crippen LogP contribution in [-0.2, 0) is 100.0 Å². The Morgan fingerprint density at radius 1 is 0.576 bits per heavy atom. The van der Waals surface area contributed by atoms with Gasteiger partial charge in [0.05, 0.1) is 62.6 Å². The molecule has 32 heteroatoms. The number of nitrogens with zero attached hydrogens (tertiary/aromatic N) is 2. The van der Waals surface area contributed by atoms with Gasteiger partial charge in [-0.3, -0.25) is 9.44 Å². The fourth-order valence-corrected chi connectivity index (χ4v) is 16.9. The molecule has 92 heavy (non-hydrogen) atoms. The average Bonchev–Trinajstić information content (AvgIpc) is 1.55. The zero-order valence-corrected chi connectivity index (χ0v) is 61.5. The van der Waals surface area contributed by atoms with Crippen LogP contribution in [0.2, 0.25) is 0 Å². The fourth-order valence-electron chi connectivity index (χ4n) is 9.73. The number of halogens is 1. The summed E-state index contributed by atoms with van der Waals surface area (Å²) >= 11 is 4.30. The van der Waals surface area contributed by atoms with Gasteiger partial charge in [0, 0.05) is 22.5 Å². The first-order valence-electron chi connectivity index (χ1n) is 27.1. The maximum Gasteiger partial charge on any atom is 1.00 e. The number of aromatic carboxylic acids is 1. The van der Waals surface area contributed by atoms with E-state index in [9.17, 15) is 58.3 Å². The largest absolute Gasteiger partial charge is 1.00 e. The molecule has 476 valence electrons. The van der Waals surface area contributed by atoms with Gasteiger partial charge in [-0.05, 0) is 216 Å². The number of esters is 2. The number of allylic oxidation sites excluding steroid dienone is 2. The molecule has 21 nitrogen and oxygen atoms in total. The Hall–Kier alpha value is -5.53. The van der Waals surface area contributed by atoms with Crippen molar-refractivity contribution in [2.75, 3.05) is 29.4 Å². The normalized spacial score (nSPS) is 14.2. The number of hydrogen-bond acceptors (Lipinski definition) is 21. The van der Waals surface area contributed by atoms with Crippen LogP contribution in [0.15, 0.2) is 153 Å². The second-order valence-electron chi connectivity index (χ2n) is 19.8. The van der Waals surface area contributed by atoms with E-state index in [2.05, 4.69) is 23.3 Å². The molecule has 0 radical (unpaired) electrons. The number of carbonyl (C=O) groups is 3. The molecule has 3 aromatic heterocycles. The smallest absolute Gasteiger partial charge is 0.883 e. The van der Waals surface area contributed by atoms with Gasteiger partial charge in [0.15, 0.2) is 0 Å². The molecule has 0 bridgehead atoms. The minimum absolute atomic E-state index is 0. The number of benzene rings is 4. The molecule has 1 aliphatic heterocycles. The third kappa shape index (κ3) is 20.5. The number of carboxylic acid groups (broad SMARTS) is 1. The number of anilines is 3. The van der Waals surface area contributed by atoms with E-state index in [1.54, 1.807) is 82.9 Å². The summed E-state index contributed by atoms with van der Waals surface area (Å²) in [6, 6.07) is 26.8. The summed E-state index contributed by atoms with van der Waals surface area (Å²) in [5.41, 5.74) is 15.3. The number of fused-ring (bicyclic) bond motifs is 4. The number of nitriles is 1. The van der Waals surface area contributed by atoms with Gasteiger partial charge in [0.2, 0.25) is 0 Å². The zero-order chi connectivity index (χ0) is 65.6. The first-order chi connectivity index (χ1) is 42.7. The molecule has 5 aliphatic rings. The molecular formula is C60H58ClN5Na2O16S8. The number of nitrogen functional groups attached to an aromatic ring is 1. The second kappa shape index (κ2) is 34.8. The summed E-state index contributed by atoms with van der Waals surface area (Å²) in [4.78, 5) is 34.7. The number of carboxylic acids is 1. The van der Waals surface area contributed by atoms with Crippen molar-refractivity contribution in [3.05, 3.63) is 189 Å². The Kier molecular flexibility index (Phi) is 29.2. The molecule has 0 fully saturated rings. The van der Waals surface area contributed by atoms with E-state index < -0.39 is 57.0 Å². The van der Waals surface area contributed by atoms with E-state index in [4.69, 9.17) is 26.8 Å². The summed E-state index contributed by atoms with van der Waals surface area (Å²) in [6.45, 7) is 1.43. The van der Waals surface area contributed by atoms with Crippen LogP contribution in [0.25, 0.3) is 0 Å². The quantitative estimate of drug-likeness (QED) is 0.0585. The molecule has 0 unspecified atom stereocenters. The van der Waals surface area contributed by atoms with Crippen molar-refractivity contribution >= 4 is 136 Å². The number of carbonyl (C=O) groups excluding carboxylic acids is 2. The maximum absolute atomic E-state index is 12.5. The monoisotopic (exact) mass is 1440 g/mol. The van der Waals surface area contributed by atoms with Crippen LogP contribution >= 0.6 is 56.5 Å². The molecular weight excluding hydrogens is 1380 g/mol. The second-order valence-corrected chi connectivity index (χ2v) is 31.0. The van der Waals surface area contributed by atoms with Crippen molar-refractivity contribution in [3.8, 4) is 6.07 Å². The summed E-state index contributed by atoms with van der Waals surface area (Å²) in [6.07, 6.45) is 13.2. The van der Waals surface area contributed by atoms with Crippen LogP contribution in [0.4, 0.5) is 17.1 Å². The van der Waals surface area contributed by atoms with E-state index in [0.717, 1.165) is 134 Å². The van der Waals surface area contributed by atoms with E-state index in [1.165, 1.54) is 78.4 Å². The van der Waals surface area contributed by atoms with Gasteiger partial charge in [-0.2, -0.15) is 24.0 Å². The average molecular weight is 1440 g/mol. The van der Waals surface area contributed by atoms with Crippen molar-refractivity contribution in [2.45, 2.75) is 104 Å². The Bertz CT molecular complexity index is 4460. The Morgan fingerprint density at radius 2 is 0.935 bits per heavy atom. The summed E-state index contributed by atoms with van der Waals surface area (Å²) in [5, 5.41) is 44.6. The van der Waals surface area contributed by atoms with Gasteiger partial charge in [0.1, 0.15) is 14.6 Å². The minimum atomic E-state index is -3.92. The van der Waals surface area contributed by atoms with Crippen molar-refractivity contribution < 1.29 is 132 Å². The molecule has 0 spiro atoms. The van der Waals surface area contributed by atoms with Crippen molar-refractivity contribution in [3.63, 3.8) is 0 Å². The third-order valence-corrected chi connectivity index (χ3v) is 22.9. The number of aryl methyl sites for hydroxylation is 8. The number of nitrogens with two attached hydrogens (primary N) is 1. The van der Waals surface area contributed by atoms with Crippen molar-refractivity contribution in [2.24, 2.45) is 4.40 Å². The van der Waals surface area contributed by atoms with E-state index in [1.807, 2.05) is 18.2 Å². The number of rotatable bonds is 12. The number of ether oxygens (including phenoxy) is 2. The minimum Gasteiger partial charge on any atom is -0.883 e. The van der Waals surface area contributed by atoms with Crippen LogP contribution in [-0.4, -0.2) is 76.6 Å². The molecule has 12 rings (SSSR count). The SMILES string of the molecule is CC#N.COC(=O)c1sccc1N.COC(=O)c1sccc1NS(=O)(=O)c1ccc2c(c1)CCC2.O=C(O)c1sccc1NS(=O)(=O)c1ccc2c(c1)CCC2.O=S(=O)(Cl)c1ccc2c(c1)CCC2.O=S(=O)(N=C1C=CSC1=C([O-])[O-])c1ccc2c(c1)CCC2.[Na+].[Na+]. The predicted octanol–water partition coefficient (Wildman–Crippen LogP) is 3.77. The number of sulfonamides is 3. The van der Waals surface area contributed by atoms with Gasteiger partial charge >= 0.3 is 77.0 Å². The Morgan fingerprint density at radius 3 is 1.34 bits per heavy atom. The number of thioether (sulfide) groups is 1.